The third-order valence-electron chi connectivity index (χ3n) is 7.20. The Balaban J connectivity index is 1.27. The lowest BCUT2D eigenvalue weighted by molar-refractivity contribution is 0.102. The maximum atomic E-state index is 13.1. The number of hydrogen-bond acceptors (Lipinski definition) is 8. The molecule has 0 aromatic carbocycles. The molecule has 0 spiro atoms. The molecule has 1 atom stereocenters. The summed E-state index contributed by atoms with van der Waals surface area (Å²) in [5.74, 6) is 0.0682. The number of hydrogen-bond donors (Lipinski definition) is 2. The molecule has 11 nitrogen and oxygen atoms in total. The van der Waals surface area contributed by atoms with Crippen LogP contribution < -0.4 is 10.9 Å². The van der Waals surface area contributed by atoms with Crippen molar-refractivity contribution in [3.8, 4) is 0 Å². The number of anilines is 1. The number of hydrazine groups is 1. The molecule has 2 aliphatic heterocycles. The Morgan fingerprint density at radius 1 is 1.19 bits per heavy atom. The van der Waals surface area contributed by atoms with Gasteiger partial charge in [0.1, 0.15) is 11.5 Å². The van der Waals surface area contributed by atoms with Crippen LogP contribution in [0.1, 0.15) is 73.0 Å². The summed E-state index contributed by atoms with van der Waals surface area (Å²) in [6.45, 7) is 5.20. The molecule has 3 aliphatic rings. The molecule has 5 rings (SSSR count). The molecule has 36 heavy (non-hydrogen) atoms. The van der Waals surface area contributed by atoms with Gasteiger partial charge in [-0.05, 0) is 62.4 Å². The minimum atomic E-state index is -0.366. The van der Waals surface area contributed by atoms with Crippen molar-refractivity contribution in [3.05, 3.63) is 53.0 Å². The summed E-state index contributed by atoms with van der Waals surface area (Å²) in [5, 5.41) is 12.9. The first kappa shape index (κ1) is 24.1. The summed E-state index contributed by atoms with van der Waals surface area (Å²) in [7, 11) is 1.91. The molecule has 2 aromatic heterocycles. The zero-order valence-electron chi connectivity index (χ0n) is 21.0. The van der Waals surface area contributed by atoms with Crippen LogP contribution in [-0.4, -0.2) is 62.4 Å². The van der Waals surface area contributed by atoms with Gasteiger partial charge in [0, 0.05) is 38.4 Å². The lowest BCUT2D eigenvalue weighted by Crippen LogP contribution is -2.47. The minimum absolute atomic E-state index is 0.0605. The molecule has 1 unspecified atom stereocenters. The van der Waals surface area contributed by atoms with E-state index in [1.54, 1.807) is 18.3 Å². The number of carbonyl (C=O) groups excluding carboxylic acids is 2. The van der Waals surface area contributed by atoms with E-state index >= 15 is 0 Å². The van der Waals surface area contributed by atoms with Gasteiger partial charge in [0.2, 0.25) is 0 Å². The number of nitrogens with zero attached hydrogens (tertiary/aromatic N) is 7. The van der Waals surface area contributed by atoms with E-state index in [2.05, 4.69) is 31.2 Å². The third kappa shape index (κ3) is 4.88. The average molecular weight is 492 g/mol. The van der Waals surface area contributed by atoms with Crippen LogP contribution in [0, 0.1) is 0 Å². The Labute approximate surface area is 210 Å². The van der Waals surface area contributed by atoms with E-state index < -0.39 is 0 Å². The highest BCUT2D eigenvalue weighted by Gasteiger charge is 2.30. The van der Waals surface area contributed by atoms with Gasteiger partial charge in [0.05, 0.1) is 5.69 Å². The maximum absolute atomic E-state index is 13.1. The molecule has 0 saturated heterocycles. The summed E-state index contributed by atoms with van der Waals surface area (Å²) in [6, 6.07) is 7.76. The van der Waals surface area contributed by atoms with Gasteiger partial charge >= 0.3 is 6.03 Å². The largest absolute Gasteiger partial charge is 0.325 e. The van der Waals surface area contributed by atoms with Crippen molar-refractivity contribution in [3.63, 3.8) is 0 Å². The predicted molar refractivity (Wildman–Crippen MR) is 134 cm³/mol. The topological polar surface area (TPSA) is 118 Å². The van der Waals surface area contributed by atoms with Gasteiger partial charge in [-0.25, -0.2) is 15.3 Å². The van der Waals surface area contributed by atoms with Crippen molar-refractivity contribution >= 4 is 17.8 Å². The van der Waals surface area contributed by atoms with Crippen molar-refractivity contribution in [2.75, 3.05) is 18.9 Å². The van der Waals surface area contributed by atoms with Crippen LogP contribution in [0.25, 0.3) is 0 Å². The van der Waals surface area contributed by atoms with Crippen LogP contribution in [0.4, 0.5) is 10.6 Å². The summed E-state index contributed by atoms with van der Waals surface area (Å²) < 4.78 is 0. The monoisotopic (exact) mass is 491 g/mol. The fourth-order valence-electron chi connectivity index (χ4n) is 5.08. The van der Waals surface area contributed by atoms with Crippen LogP contribution in [0.5, 0.6) is 0 Å². The van der Waals surface area contributed by atoms with Crippen molar-refractivity contribution in [2.45, 2.75) is 70.7 Å². The molecule has 2 aromatic rings. The number of pyridine rings is 2. The van der Waals surface area contributed by atoms with E-state index in [4.69, 9.17) is 0 Å². The highest BCUT2D eigenvalue weighted by molar-refractivity contribution is 6.02. The average Bonchev–Trinajstić information content (AvgIpc) is 3.60. The maximum Gasteiger partial charge on any atom is 0.320 e. The SMILES string of the molecule is CC(C)N1NN=NC1c1cccc(NC(=O)c2cc3c(cn2)CCN(C(=O)N(C)C2CCCC2)C3)n1. The number of amides is 3. The van der Waals surface area contributed by atoms with Gasteiger partial charge in [0.25, 0.3) is 5.91 Å². The van der Waals surface area contributed by atoms with Gasteiger partial charge in [-0.15, -0.1) is 5.11 Å². The lowest BCUT2D eigenvalue weighted by Gasteiger charge is -2.34. The molecule has 2 N–H and O–H groups in total. The van der Waals surface area contributed by atoms with Crippen LogP contribution in [0.3, 0.4) is 0 Å². The van der Waals surface area contributed by atoms with Gasteiger partial charge in [-0.3, -0.25) is 9.78 Å². The van der Waals surface area contributed by atoms with E-state index in [0.29, 0.717) is 36.3 Å². The van der Waals surface area contributed by atoms with E-state index in [1.807, 2.05) is 47.8 Å². The Bertz CT molecular complexity index is 1160. The Morgan fingerprint density at radius 3 is 2.78 bits per heavy atom. The summed E-state index contributed by atoms with van der Waals surface area (Å²) in [5.41, 5.74) is 5.88. The van der Waals surface area contributed by atoms with E-state index in [1.165, 1.54) is 12.8 Å². The molecule has 3 amide bonds. The second kappa shape index (κ2) is 10.2. The highest BCUT2D eigenvalue weighted by atomic mass is 16.2. The molecule has 0 bridgehead atoms. The molecular formula is C25H33N9O2. The van der Waals surface area contributed by atoms with Crippen LogP contribution >= 0.6 is 0 Å². The molecule has 4 heterocycles. The van der Waals surface area contributed by atoms with Crippen LogP contribution in [-0.2, 0) is 13.0 Å². The summed E-state index contributed by atoms with van der Waals surface area (Å²) >= 11 is 0. The number of carbonyl (C=O) groups is 2. The number of fused-ring (bicyclic) bond motifs is 1. The van der Waals surface area contributed by atoms with Gasteiger partial charge in [0.15, 0.2) is 6.17 Å². The number of rotatable bonds is 5. The van der Waals surface area contributed by atoms with Crippen molar-refractivity contribution in [2.24, 2.45) is 10.3 Å². The lowest BCUT2D eigenvalue weighted by atomic mass is 10.0. The molecule has 0 radical (unpaired) electrons. The minimum Gasteiger partial charge on any atom is -0.325 e. The van der Waals surface area contributed by atoms with E-state index in [0.717, 1.165) is 30.4 Å². The smallest absolute Gasteiger partial charge is 0.320 e. The number of aromatic nitrogens is 2. The third-order valence-corrected chi connectivity index (χ3v) is 7.20. The van der Waals surface area contributed by atoms with Crippen LogP contribution in [0.15, 0.2) is 40.8 Å². The van der Waals surface area contributed by atoms with Gasteiger partial charge in [-0.1, -0.05) is 24.1 Å². The molecule has 190 valence electrons. The van der Waals surface area contributed by atoms with Crippen molar-refractivity contribution in [1.82, 2.24) is 30.3 Å². The quantitative estimate of drug-likeness (QED) is 0.659. The first-order valence-electron chi connectivity index (χ1n) is 12.6. The van der Waals surface area contributed by atoms with E-state index in [-0.39, 0.29) is 24.1 Å². The molecule has 1 saturated carbocycles. The zero-order valence-corrected chi connectivity index (χ0v) is 21.0. The Kier molecular flexibility index (Phi) is 6.82. The van der Waals surface area contributed by atoms with Gasteiger partial charge < -0.3 is 15.1 Å². The predicted octanol–water partition coefficient (Wildman–Crippen LogP) is 3.68. The van der Waals surface area contributed by atoms with Crippen LogP contribution in [0.2, 0.25) is 0 Å². The molecule has 1 aliphatic carbocycles. The Morgan fingerprint density at radius 2 is 2.00 bits per heavy atom. The van der Waals surface area contributed by atoms with Crippen molar-refractivity contribution in [1.29, 1.82) is 0 Å². The fraction of sp³-hybridized carbons (Fsp3) is 0.520. The van der Waals surface area contributed by atoms with E-state index in [9.17, 15) is 9.59 Å². The summed E-state index contributed by atoms with van der Waals surface area (Å²) in [6.07, 6.45) is 6.64. The van der Waals surface area contributed by atoms with Crippen molar-refractivity contribution < 1.29 is 9.59 Å². The van der Waals surface area contributed by atoms with Gasteiger partial charge in [-0.2, -0.15) is 5.01 Å². The molecule has 11 heteroatoms. The second-order valence-corrected chi connectivity index (χ2v) is 9.93. The highest BCUT2D eigenvalue weighted by Crippen LogP contribution is 2.27. The molecule has 1 fully saturated rings. The number of urea groups is 1. The molecular weight excluding hydrogens is 458 g/mol. The first-order chi connectivity index (χ1) is 17.4. The zero-order chi connectivity index (χ0) is 25.2. The normalized spacial score (nSPS) is 19.9. The first-order valence-corrected chi connectivity index (χ1v) is 12.6. The second-order valence-electron chi connectivity index (χ2n) is 9.93. The number of nitrogens with one attached hydrogen (secondary N) is 2. The summed E-state index contributed by atoms with van der Waals surface area (Å²) in [4.78, 5) is 38.9. The Hall–Kier alpha value is -3.60. The standard InChI is InChI=1S/C25H33N9O2/c1-16(2)34-23(29-30-31-34)20-9-6-10-22(27-20)28-24(35)21-13-18-15-33(12-11-17(18)14-26-21)25(36)32(3)19-7-4-5-8-19/h6,9-10,13-14,16,19,23H,4-5,7-8,11-12,15H2,1-3H3,(H,29,31)(H,27,28,35). The fourth-order valence-corrected chi connectivity index (χ4v) is 5.08.